The molecule has 0 radical (unpaired) electrons. The van der Waals surface area contributed by atoms with Crippen molar-refractivity contribution >= 4 is 17.2 Å². The molecule has 0 aromatic heterocycles. The highest BCUT2D eigenvalue weighted by Gasteiger charge is 2.46. The van der Waals surface area contributed by atoms with Crippen LogP contribution in [-0.4, -0.2) is 11.5 Å². The molecule has 2 aromatic rings. The number of Topliss-reactive ketones (excluding diaryl/α,β-unsaturated/α-hetero) is 1. The molecule has 0 amide bonds. The van der Waals surface area contributed by atoms with E-state index in [4.69, 9.17) is 0 Å². The van der Waals surface area contributed by atoms with Crippen molar-refractivity contribution in [2.45, 2.75) is 39.0 Å². The Morgan fingerprint density at radius 1 is 1.09 bits per heavy atom. The van der Waals surface area contributed by atoms with Gasteiger partial charge in [0.1, 0.15) is 0 Å². The Morgan fingerprint density at radius 2 is 1.74 bits per heavy atom. The Bertz CT molecular complexity index is 747. The molecular formula is C21H23NO. The van der Waals surface area contributed by atoms with Crippen molar-refractivity contribution in [2.24, 2.45) is 10.9 Å². The second-order valence-electron chi connectivity index (χ2n) is 6.69. The van der Waals surface area contributed by atoms with Crippen LogP contribution in [0.25, 0.3) is 0 Å². The predicted octanol–water partition coefficient (Wildman–Crippen LogP) is 5.02. The first-order valence-electron chi connectivity index (χ1n) is 8.23. The zero-order valence-corrected chi connectivity index (χ0v) is 14.0. The SMILES string of the molecule is CC(=Nc1ccccc1)C1CCC(C)(c2ccccc2C)C1=O. The van der Waals surface area contributed by atoms with Gasteiger partial charge in [-0.15, -0.1) is 0 Å². The van der Waals surface area contributed by atoms with Crippen LogP contribution < -0.4 is 0 Å². The van der Waals surface area contributed by atoms with Crippen molar-refractivity contribution in [3.63, 3.8) is 0 Å². The molecule has 2 heteroatoms. The number of hydrogen-bond donors (Lipinski definition) is 0. The third-order valence-electron chi connectivity index (χ3n) is 5.10. The normalized spacial score (nSPS) is 24.9. The molecule has 1 aliphatic carbocycles. The summed E-state index contributed by atoms with van der Waals surface area (Å²) in [5.74, 6) is 0.240. The van der Waals surface area contributed by atoms with Gasteiger partial charge in [0.2, 0.25) is 0 Å². The molecule has 0 aliphatic heterocycles. The van der Waals surface area contributed by atoms with Crippen LogP contribution in [0.15, 0.2) is 59.6 Å². The fourth-order valence-electron chi connectivity index (χ4n) is 3.71. The fraction of sp³-hybridized carbons (Fsp3) is 0.333. The fourth-order valence-corrected chi connectivity index (χ4v) is 3.71. The largest absolute Gasteiger partial charge is 0.298 e. The number of ketones is 1. The molecular weight excluding hydrogens is 282 g/mol. The molecule has 3 rings (SSSR count). The van der Waals surface area contributed by atoms with Crippen LogP contribution in [0.3, 0.4) is 0 Å². The number of para-hydroxylation sites is 1. The lowest BCUT2D eigenvalue weighted by atomic mass is 9.77. The third-order valence-corrected chi connectivity index (χ3v) is 5.10. The van der Waals surface area contributed by atoms with E-state index in [2.05, 4.69) is 31.0 Å². The highest BCUT2D eigenvalue weighted by Crippen LogP contribution is 2.42. The van der Waals surface area contributed by atoms with E-state index in [0.717, 1.165) is 24.2 Å². The van der Waals surface area contributed by atoms with E-state index in [-0.39, 0.29) is 11.3 Å². The molecule has 2 atom stereocenters. The third kappa shape index (κ3) is 2.86. The van der Waals surface area contributed by atoms with Crippen molar-refractivity contribution < 1.29 is 4.79 Å². The van der Waals surface area contributed by atoms with Gasteiger partial charge in [0, 0.05) is 5.71 Å². The molecule has 1 aliphatic rings. The molecule has 0 saturated heterocycles. The van der Waals surface area contributed by atoms with Crippen LogP contribution in [-0.2, 0) is 10.2 Å². The highest BCUT2D eigenvalue weighted by atomic mass is 16.1. The van der Waals surface area contributed by atoms with E-state index in [0.29, 0.717) is 5.78 Å². The second kappa shape index (κ2) is 6.11. The number of carbonyl (C=O) groups excluding carboxylic acids is 1. The van der Waals surface area contributed by atoms with Crippen LogP contribution in [0.5, 0.6) is 0 Å². The van der Waals surface area contributed by atoms with E-state index in [1.54, 1.807) is 0 Å². The van der Waals surface area contributed by atoms with Gasteiger partial charge in [0.25, 0.3) is 0 Å². The van der Waals surface area contributed by atoms with Gasteiger partial charge in [-0.2, -0.15) is 0 Å². The Labute approximate surface area is 138 Å². The standard InChI is InChI=1S/C21H23NO/c1-15-9-7-8-12-19(15)21(3)14-13-18(20(21)23)16(2)22-17-10-5-4-6-11-17/h4-12,18H,13-14H2,1-3H3. The maximum atomic E-state index is 13.1. The molecule has 2 nitrogen and oxygen atoms in total. The number of aliphatic imine (C=N–C) groups is 1. The molecule has 1 fully saturated rings. The van der Waals surface area contributed by atoms with E-state index >= 15 is 0 Å². The molecule has 0 spiro atoms. The van der Waals surface area contributed by atoms with E-state index in [9.17, 15) is 4.79 Å². The van der Waals surface area contributed by atoms with Crippen LogP contribution >= 0.6 is 0 Å². The number of carbonyl (C=O) groups is 1. The summed E-state index contributed by atoms with van der Waals surface area (Å²) in [5.41, 5.74) is 3.83. The molecule has 2 unspecified atom stereocenters. The predicted molar refractivity (Wildman–Crippen MR) is 95.5 cm³/mol. The number of hydrogen-bond acceptors (Lipinski definition) is 2. The van der Waals surface area contributed by atoms with E-state index in [1.807, 2.05) is 49.4 Å². The quantitative estimate of drug-likeness (QED) is 0.732. The summed E-state index contributed by atoms with van der Waals surface area (Å²) in [5, 5.41) is 0. The molecule has 2 aromatic carbocycles. The summed E-state index contributed by atoms with van der Waals surface area (Å²) in [6, 6.07) is 18.1. The van der Waals surface area contributed by atoms with Crippen LogP contribution in [0.4, 0.5) is 5.69 Å². The zero-order chi connectivity index (χ0) is 16.4. The van der Waals surface area contributed by atoms with Gasteiger partial charge in [0.05, 0.1) is 17.0 Å². The van der Waals surface area contributed by atoms with E-state index < -0.39 is 0 Å². The van der Waals surface area contributed by atoms with Gasteiger partial charge < -0.3 is 0 Å². The Morgan fingerprint density at radius 3 is 2.43 bits per heavy atom. The first kappa shape index (κ1) is 15.7. The monoisotopic (exact) mass is 305 g/mol. The number of benzene rings is 2. The average Bonchev–Trinajstić information content (AvgIpc) is 2.85. The van der Waals surface area contributed by atoms with Crippen molar-refractivity contribution in [1.29, 1.82) is 0 Å². The number of rotatable bonds is 3. The number of aryl methyl sites for hydroxylation is 1. The summed E-state index contributed by atoms with van der Waals surface area (Å²) in [4.78, 5) is 17.8. The van der Waals surface area contributed by atoms with Gasteiger partial charge in [0.15, 0.2) is 5.78 Å². The maximum absolute atomic E-state index is 13.1. The topological polar surface area (TPSA) is 29.4 Å². The maximum Gasteiger partial charge on any atom is 0.151 e. The molecule has 1 saturated carbocycles. The number of nitrogens with zero attached hydrogens (tertiary/aromatic N) is 1. The van der Waals surface area contributed by atoms with Crippen molar-refractivity contribution in [1.82, 2.24) is 0 Å². The van der Waals surface area contributed by atoms with Crippen molar-refractivity contribution in [3.05, 3.63) is 65.7 Å². The Hall–Kier alpha value is -2.22. The van der Waals surface area contributed by atoms with Crippen molar-refractivity contribution in [2.75, 3.05) is 0 Å². The smallest absolute Gasteiger partial charge is 0.151 e. The van der Waals surface area contributed by atoms with Crippen LogP contribution in [0.1, 0.15) is 37.8 Å². The summed E-state index contributed by atoms with van der Waals surface area (Å²) >= 11 is 0. The minimum atomic E-state index is -0.385. The summed E-state index contributed by atoms with van der Waals surface area (Å²) < 4.78 is 0. The first-order valence-corrected chi connectivity index (χ1v) is 8.23. The first-order chi connectivity index (χ1) is 11.0. The van der Waals surface area contributed by atoms with Gasteiger partial charge in [-0.25, -0.2) is 0 Å². The Kier molecular flexibility index (Phi) is 4.16. The molecule has 23 heavy (non-hydrogen) atoms. The van der Waals surface area contributed by atoms with Gasteiger partial charge in [-0.3, -0.25) is 9.79 Å². The second-order valence-corrected chi connectivity index (χ2v) is 6.69. The van der Waals surface area contributed by atoms with Crippen LogP contribution in [0, 0.1) is 12.8 Å². The minimum absolute atomic E-state index is 0.0696. The van der Waals surface area contributed by atoms with Gasteiger partial charge in [-0.05, 0) is 56.9 Å². The van der Waals surface area contributed by atoms with Crippen molar-refractivity contribution in [3.8, 4) is 0 Å². The van der Waals surface area contributed by atoms with Gasteiger partial charge >= 0.3 is 0 Å². The highest BCUT2D eigenvalue weighted by molar-refractivity contribution is 6.10. The summed E-state index contributed by atoms with van der Waals surface area (Å²) in [6.45, 7) is 6.17. The van der Waals surface area contributed by atoms with E-state index in [1.165, 1.54) is 11.1 Å². The van der Waals surface area contributed by atoms with Gasteiger partial charge in [-0.1, -0.05) is 42.5 Å². The lowest BCUT2D eigenvalue weighted by Gasteiger charge is -2.25. The Balaban J connectivity index is 1.90. The van der Waals surface area contributed by atoms with Crippen LogP contribution in [0.2, 0.25) is 0 Å². The summed E-state index contributed by atoms with van der Waals surface area (Å²) in [6.07, 6.45) is 1.77. The average molecular weight is 305 g/mol. The molecule has 0 N–H and O–H groups in total. The molecule has 0 heterocycles. The molecule has 0 bridgehead atoms. The lowest BCUT2D eigenvalue weighted by molar-refractivity contribution is -0.123. The molecule has 118 valence electrons. The minimum Gasteiger partial charge on any atom is -0.298 e. The zero-order valence-electron chi connectivity index (χ0n) is 14.0. The lowest BCUT2D eigenvalue weighted by Crippen LogP contribution is -2.32. The summed E-state index contributed by atoms with van der Waals surface area (Å²) in [7, 11) is 0.